The van der Waals surface area contributed by atoms with E-state index in [2.05, 4.69) is 5.32 Å². The fourth-order valence-corrected chi connectivity index (χ4v) is 1.98. The van der Waals surface area contributed by atoms with Crippen LogP contribution in [0.15, 0.2) is 24.3 Å². The molecule has 0 radical (unpaired) electrons. The highest BCUT2D eigenvalue weighted by Gasteiger charge is 2.14. The first-order chi connectivity index (χ1) is 10.3. The van der Waals surface area contributed by atoms with E-state index in [1.54, 1.807) is 24.3 Å². The number of nitrogens with one attached hydrogen (secondary N) is 1. The Morgan fingerprint density at radius 3 is 2.41 bits per heavy atom. The van der Waals surface area contributed by atoms with Gasteiger partial charge in [-0.25, -0.2) is 0 Å². The summed E-state index contributed by atoms with van der Waals surface area (Å²) in [6, 6.07) is 6.88. The fraction of sp³-hybridized carbons (Fsp3) is 0.471. The number of hydrogen-bond acceptors (Lipinski definition) is 3. The summed E-state index contributed by atoms with van der Waals surface area (Å²) in [6.07, 6.45) is 0.233. The van der Waals surface area contributed by atoms with Gasteiger partial charge in [0, 0.05) is 37.7 Å². The Hall–Kier alpha value is -2.17. The summed E-state index contributed by atoms with van der Waals surface area (Å²) in [6.45, 7) is 7.90. The normalized spacial score (nSPS) is 10.4. The SMILES string of the molecule is CC(=O)c1cccc(N(CCC(=O)NCC(C)C)C(C)=O)c1. The summed E-state index contributed by atoms with van der Waals surface area (Å²) in [5, 5.41) is 2.83. The summed E-state index contributed by atoms with van der Waals surface area (Å²) >= 11 is 0. The van der Waals surface area contributed by atoms with Crippen LogP contribution >= 0.6 is 0 Å². The van der Waals surface area contributed by atoms with Gasteiger partial charge < -0.3 is 10.2 Å². The van der Waals surface area contributed by atoms with Crippen molar-refractivity contribution >= 4 is 23.3 Å². The van der Waals surface area contributed by atoms with Gasteiger partial charge in [-0.05, 0) is 25.0 Å². The number of amides is 2. The molecule has 1 aromatic rings. The molecule has 0 spiro atoms. The third kappa shape index (κ3) is 5.68. The maximum Gasteiger partial charge on any atom is 0.223 e. The molecule has 0 fully saturated rings. The van der Waals surface area contributed by atoms with E-state index >= 15 is 0 Å². The van der Waals surface area contributed by atoms with E-state index in [1.807, 2.05) is 13.8 Å². The number of rotatable bonds is 7. The Labute approximate surface area is 131 Å². The van der Waals surface area contributed by atoms with Gasteiger partial charge in [0.2, 0.25) is 11.8 Å². The van der Waals surface area contributed by atoms with Crippen LogP contribution < -0.4 is 10.2 Å². The molecule has 0 heterocycles. The van der Waals surface area contributed by atoms with Crippen molar-refractivity contribution in [2.24, 2.45) is 5.92 Å². The lowest BCUT2D eigenvalue weighted by Crippen LogP contribution is -2.35. The van der Waals surface area contributed by atoms with Gasteiger partial charge in [-0.2, -0.15) is 0 Å². The third-order valence-corrected chi connectivity index (χ3v) is 3.21. The largest absolute Gasteiger partial charge is 0.356 e. The first kappa shape index (κ1) is 17.9. The van der Waals surface area contributed by atoms with E-state index in [4.69, 9.17) is 0 Å². The molecule has 0 aliphatic carbocycles. The van der Waals surface area contributed by atoms with Gasteiger partial charge in [0.1, 0.15) is 0 Å². The minimum Gasteiger partial charge on any atom is -0.356 e. The van der Waals surface area contributed by atoms with Gasteiger partial charge in [0.25, 0.3) is 0 Å². The fourth-order valence-electron chi connectivity index (χ4n) is 1.98. The van der Waals surface area contributed by atoms with Crippen molar-refractivity contribution < 1.29 is 14.4 Å². The molecule has 0 saturated carbocycles. The molecular weight excluding hydrogens is 280 g/mol. The molecule has 0 aliphatic heterocycles. The minimum absolute atomic E-state index is 0.0555. The van der Waals surface area contributed by atoms with Crippen LogP contribution in [0.5, 0.6) is 0 Å². The Bertz CT molecular complexity index is 553. The van der Waals surface area contributed by atoms with Crippen LogP contribution in [-0.4, -0.2) is 30.7 Å². The predicted octanol–water partition coefficient (Wildman–Crippen LogP) is 2.40. The lowest BCUT2D eigenvalue weighted by molar-refractivity contribution is -0.121. The number of hydrogen-bond donors (Lipinski definition) is 1. The van der Waals surface area contributed by atoms with Crippen LogP contribution in [0.2, 0.25) is 0 Å². The summed E-state index contributed by atoms with van der Waals surface area (Å²) in [7, 11) is 0. The van der Waals surface area contributed by atoms with Gasteiger partial charge >= 0.3 is 0 Å². The van der Waals surface area contributed by atoms with Gasteiger partial charge in [0.05, 0.1) is 0 Å². The van der Waals surface area contributed by atoms with E-state index in [0.717, 1.165) is 0 Å². The van der Waals surface area contributed by atoms with Gasteiger partial charge in [-0.1, -0.05) is 26.0 Å². The minimum atomic E-state index is -0.155. The maximum absolute atomic E-state index is 11.8. The first-order valence-corrected chi connectivity index (χ1v) is 7.47. The van der Waals surface area contributed by atoms with Crippen LogP contribution in [0.1, 0.15) is 44.5 Å². The molecular formula is C17H24N2O3. The first-order valence-electron chi connectivity index (χ1n) is 7.47. The standard InChI is InChI=1S/C17H24N2O3/c1-12(2)11-18-17(22)8-9-19(14(4)21)16-7-5-6-15(10-16)13(3)20/h5-7,10,12H,8-9,11H2,1-4H3,(H,18,22). The molecule has 0 aromatic heterocycles. The topological polar surface area (TPSA) is 66.5 Å². The van der Waals surface area contributed by atoms with Crippen LogP contribution in [0.25, 0.3) is 0 Å². The Kier molecular flexibility index (Phi) is 6.76. The van der Waals surface area contributed by atoms with E-state index < -0.39 is 0 Å². The maximum atomic E-state index is 11.8. The van der Waals surface area contributed by atoms with Crippen molar-refractivity contribution in [1.82, 2.24) is 5.32 Å². The number of anilines is 1. The lowest BCUT2D eigenvalue weighted by Gasteiger charge is -2.21. The summed E-state index contributed by atoms with van der Waals surface area (Å²) in [5.74, 6) is 0.0974. The average molecular weight is 304 g/mol. The zero-order valence-corrected chi connectivity index (χ0v) is 13.7. The third-order valence-electron chi connectivity index (χ3n) is 3.21. The lowest BCUT2D eigenvalue weighted by atomic mass is 10.1. The number of carbonyl (C=O) groups excluding carboxylic acids is 3. The predicted molar refractivity (Wildman–Crippen MR) is 86.9 cm³/mol. The summed E-state index contributed by atoms with van der Waals surface area (Å²) in [4.78, 5) is 36.5. The van der Waals surface area contributed by atoms with E-state index in [9.17, 15) is 14.4 Å². The second-order valence-electron chi connectivity index (χ2n) is 5.73. The van der Waals surface area contributed by atoms with Crippen LogP contribution in [0, 0.1) is 5.92 Å². The smallest absolute Gasteiger partial charge is 0.223 e. The van der Waals surface area contributed by atoms with Crippen LogP contribution in [0.3, 0.4) is 0 Å². The van der Waals surface area contributed by atoms with E-state index in [0.29, 0.717) is 30.3 Å². The number of ketones is 1. The second kappa shape index (κ2) is 8.32. The Morgan fingerprint density at radius 2 is 1.86 bits per heavy atom. The highest BCUT2D eigenvalue weighted by atomic mass is 16.2. The molecule has 2 amide bonds. The van der Waals surface area contributed by atoms with Crippen molar-refractivity contribution in [3.8, 4) is 0 Å². The van der Waals surface area contributed by atoms with Gasteiger partial charge in [0.15, 0.2) is 5.78 Å². The number of carbonyl (C=O) groups is 3. The molecule has 120 valence electrons. The Balaban J connectivity index is 2.74. The van der Waals surface area contributed by atoms with Gasteiger partial charge in [-0.15, -0.1) is 0 Å². The molecule has 1 rings (SSSR count). The van der Waals surface area contributed by atoms with Crippen molar-refractivity contribution in [3.63, 3.8) is 0 Å². The Morgan fingerprint density at radius 1 is 1.18 bits per heavy atom. The highest BCUT2D eigenvalue weighted by molar-refractivity contribution is 5.97. The van der Waals surface area contributed by atoms with Crippen molar-refractivity contribution in [2.45, 2.75) is 34.1 Å². The molecule has 0 atom stereocenters. The number of Topliss-reactive ketones (excluding diaryl/α,β-unsaturated/α-hetero) is 1. The molecule has 5 nitrogen and oxygen atoms in total. The van der Waals surface area contributed by atoms with Crippen molar-refractivity contribution in [2.75, 3.05) is 18.0 Å². The van der Waals surface area contributed by atoms with Crippen molar-refractivity contribution in [3.05, 3.63) is 29.8 Å². The quantitative estimate of drug-likeness (QED) is 0.787. The van der Waals surface area contributed by atoms with Gasteiger partial charge in [-0.3, -0.25) is 14.4 Å². The molecule has 0 unspecified atom stereocenters. The second-order valence-corrected chi connectivity index (χ2v) is 5.73. The summed E-state index contributed by atoms with van der Waals surface area (Å²) < 4.78 is 0. The van der Waals surface area contributed by atoms with E-state index in [-0.39, 0.29) is 24.0 Å². The monoisotopic (exact) mass is 304 g/mol. The molecule has 5 heteroatoms. The van der Waals surface area contributed by atoms with E-state index in [1.165, 1.54) is 18.7 Å². The van der Waals surface area contributed by atoms with Crippen molar-refractivity contribution in [1.29, 1.82) is 0 Å². The average Bonchev–Trinajstić information content (AvgIpc) is 2.45. The molecule has 0 aliphatic rings. The molecule has 0 saturated heterocycles. The molecule has 22 heavy (non-hydrogen) atoms. The number of benzene rings is 1. The zero-order valence-electron chi connectivity index (χ0n) is 13.7. The molecule has 1 N–H and O–H groups in total. The molecule has 0 bridgehead atoms. The highest BCUT2D eigenvalue weighted by Crippen LogP contribution is 2.17. The van der Waals surface area contributed by atoms with Crippen LogP contribution in [-0.2, 0) is 9.59 Å². The summed E-state index contributed by atoms with van der Waals surface area (Å²) in [5.41, 5.74) is 1.19. The zero-order chi connectivity index (χ0) is 16.7. The number of nitrogens with zero attached hydrogens (tertiary/aromatic N) is 1. The van der Waals surface area contributed by atoms with Crippen LogP contribution in [0.4, 0.5) is 5.69 Å². The molecule has 1 aromatic carbocycles.